The van der Waals surface area contributed by atoms with Gasteiger partial charge in [0, 0.05) is 13.0 Å². The molecular formula is C11H20N2O4. The standard InChI is InChI=1S/C11H20N2O4/c1-11(10(15)16,8-2-3-8)13-9(14)4-6-17-7-5-12/h8H,2-7,12H2,1H3,(H,13,14)(H,15,16). The first-order valence-corrected chi connectivity index (χ1v) is 5.83. The quantitative estimate of drug-likeness (QED) is 0.510. The van der Waals surface area contributed by atoms with Crippen molar-refractivity contribution in [2.24, 2.45) is 11.7 Å². The Morgan fingerprint density at radius 1 is 1.47 bits per heavy atom. The van der Waals surface area contributed by atoms with Crippen molar-refractivity contribution >= 4 is 11.9 Å². The minimum Gasteiger partial charge on any atom is -0.480 e. The zero-order chi connectivity index (χ0) is 12.9. The number of amides is 1. The van der Waals surface area contributed by atoms with E-state index in [2.05, 4.69) is 5.32 Å². The molecular weight excluding hydrogens is 224 g/mol. The van der Waals surface area contributed by atoms with E-state index in [-0.39, 0.29) is 24.9 Å². The molecule has 17 heavy (non-hydrogen) atoms. The van der Waals surface area contributed by atoms with Crippen molar-refractivity contribution in [3.8, 4) is 0 Å². The summed E-state index contributed by atoms with van der Waals surface area (Å²) in [4.78, 5) is 22.7. The van der Waals surface area contributed by atoms with E-state index in [0.29, 0.717) is 13.2 Å². The Morgan fingerprint density at radius 3 is 2.59 bits per heavy atom. The van der Waals surface area contributed by atoms with Gasteiger partial charge in [-0.25, -0.2) is 4.79 Å². The van der Waals surface area contributed by atoms with Crippen molar-refractivity contribution in [3.63, 3.8) is 0 Å². The van der Waals surface area contributed by atoms with Crippen LogP contribution in [0.5, 0.6) is 0 Å². The second kappa shape index (κ2) is 5.97. The highest BCUT2D eigenvalue weighted by Gasteiger charge is 2.48. The van der Waals surface area contributed by atoms with E-state index in [1.54, 1.807) is 6.92 Å². The summed E-state index contributed by atoms with van der Waals surface area (Å²) >= 11 is 0. The number of nitrogens with one attached hydrogen (secondary N) is 1. The summed E-state index contributed by atoms with van der Waals surface area (Å²) in [7, 11) is 0. The van der Waals surface area contributed by atoms with E-state index in [9.17, 15) is 9.59 Å². The number of carboxylic acid groups (broad SMARTS) is 1. The fourth-order valence-electron chi connectivity index (χ4n) is 1.69. The van der Waals surface area contributed by atoms with Crippen LogP contribution in [-0.2, 0) is 14.3 Å². The van der Waals surface area contributed by atoms with Gasteiger partial charge in [-0.1, -0.05) is 0 Å². The van der Waals surface area contributed by atoms with Crippen LogP contribution in [0.25, 0.3) is 0 Å². The zero-order valence-corrected chi connectivity index (χ0v) is 10.1. The number of rotatable bonds is 8. The van der Waals surface area contributed by atoms with Gasteiger partial charge in [0.05, 0.1) is 13.2 Å². The Morgan fingerprint density at radius 2 is 2.12 bits per heavy atom. The molecule has 1 amide bonds. The summed E-state index contributed by atoms with van der Waals surface area (Å²) in [6, 6.07) is 0. The van der Waals surface area contributed by atoms with Gasteiger partial charge in [-0.2, -0.15) is 0 Å². The van der Waals surface area contributed by atoms with Crippen molar-refractivity contribution in [1.82, 2.24) is 5.32 Å². The number of ether oxygens (including phenoxy) is 1. The van der Waals surface area contributed by atoms with Crippen LogP contribution in [0.1, 0.15) is 26.2 Å². The van der Waals surface area contributed by atoms with Gasteiger partial charge >= 0.3 is 5.97 Å². The maximum atomic E-state index is 11.6. The molecule has 1 atom stereocenters. The van der Waals surface area contributed by atoms with Gasteiger partial charge in [0.25, 0.3) is 0 Å². The summed E-state index contributed by atoms with van der Waals surface area (Å²) in [5.74, 6) is -1.22. The van der Waals surface area contributed by atoms with Gasteiger partial charge < -0.3 is 20.9 Å². The first kappa shape index (κ1) is 13.9. The maximum Gasteiger partial charge on any atom is 0.329 e. The summed E-state index contributed by atoms with van der Waals surface area (Å²) in [5.41, 5.74) is 4.10. The number of carbonyl (C=O) groups excluding carboxylic acids is 1. The Balaban J connectivity index is 2.35. The molecule has 6 nitrogen and oxygen atoms in total. The first-order chi connectivity index (χ1) is 8.00. The largest absolute Gasteiger partial charge is 0.480 e. The van der Waals surface area contributed by atoms with Crippen LogP contribution in [0.4, 0.5) is 0 Å². The smallest absolute Gasteiger partial charge is 0.329 e. The van der Waals surface area contributed by atoms with Crippen LogP contribution in [-0.4, -0.2) is 42.3 Å². The fourth-order valence-corrected chi connectivity index (χ4v) is 1.69. The van der Waals surface area contributed by atoms with Crippen LogP contribution in [0.3, 0.4) is 0 Å². The molecule has 0 bridgehead atoms. The summed E-state index contributed by atoms with van der Waals surface area (Å²) < 4.78 is 5.07. The average molecular weight is 244 g/mol. The number of hydrogen-bond acceptors (Lipinski definition) is 4. The molecule has 0 heterocycles. The molecule has 0 aliphatic heterocycles. The lowest BCUT2D eigenvalue weighted by atomic mass is 9.96. The van der Waals surface area contributed by atoms with E-state index in [4.69, 9.17) is 15.6 Å². The minimum atomic E-state index is -1.13. The molecule has 98 valence electrons. The molecule has 0 saturated heterocycles. The lowest BCUT2D eigenvalue weighted by molar-refractivity contribution is -0.148. The number of hydrogen-bond donors (Lipinski definition) is 3. The first-order valence-electron chi connectivity index (χ1n) is 5.83. The molecule has 1 fully saturated rings. The molecule has 1 aliphatic carbocycles. The van der Waals surface area contributed by atoms with Gasteiger partial charge in [-0.15, -0.1) is 0 Å². The highest BCUT2D eigenvalue weighted by Crippen LogP contribution is 2.39. The van der Waals surface area contributed by atoms with Gasteiger partial charge in [-0.05, 0) is 25.7 Å². The minimum absolute atomic E-state index is 0.0499. The third-order valence-corrected chi connectivity index (χ3v) is 2.97. The fraction of sp³-hybridized carbons (Fsp3) is 0.818. The van der Waals surface area contributed by atoms with Gasteiger partial charge in [-0.3, -0.25) is 4.79 Å². The molecule has 0 radical (unpaired) electrons. The Kier molecular flexibility index (Phi) is 4.89. The van der Waals surface area contributed by atoms with E-state index in [1.807, 2.05) is 0 Å². The van der Waals surface area contributed by atoms with Crippen LogP contribution < -0.4 is 11.1 Å². The molecule has 1 aliphatic rings. The predicted octanol–water partition coefficient (Wildman–Crippen LogP) is -0.279. The van der Waals surface area contributed by atoms with Crippen molar-refractivity contribution in [1.29, 1.82) is 0 Å². The SMILES string of the molecule is CC(NC(=O)CCOCCN)(C(=O)O)C1CC1. The lowest BCUT2D eigenvalue weighted by Crippen LogP contribution is -2.54. The summed E-state index contributed by atoms with van der Waals surface area (Å²) in [5, 5.41) is 11.7. The highest BCUT2D eigenvalue weighted by atomic mass is 16.5. The number of carboxylic acids is 1. The summed E-state index contributed by atoms with van der Waals surface area (Å²) in [6.45, 7) is 2.65. The van der Waals surface area contributed by atoms with Crippen molar-refractivity contribution in [2.75, 3.05) is 19.8 Å². The third-order valence-electron chi connectivity index (χ3n) is 2.97. The summed E-state index contributed by atoms with van der Waals surface area (Å²) in [6.07, 6.45) is 1.87. The predicted molar refractivity (Wildman–Crippen MR) is 61.4 cm³/mol. The molecule has 4 N–H and O–H groups in total. The average Bonchev–Trinajstić information content (AvgIpc) is 3.07. The normalized spacial score (nSPS) is 18.5. The Bertz CT molecular complexity index is 291. The van der Waals surface area contributed by atoms with Crippen LogP contribution >= 0.6 is 0 Å². The molecule has 1 saturated carbocycles. The zero-order valence-electron chi connectivity index (χ0n) is 10.1. The number of aliphatic carboxylic acids is 1. The molecule has 0 aromatic rings. The van der Waals surface area contributed by atoms with Crippen molar-refractivity contribution in [3.05, 3.63) is 0 Å². The molecule has 1 rings (SSSR count). The second-order valence-electron chi connectivity index (χ2n) is 4.48. The van der Waals surface area contributed by atoms with Gasteiger partial charge in [0.1, 0.15) is 5.54 Å². The molecule has 0 aromatic heterocycles. The monoisotopic (exact) mass is 244 g/mol. The number of nitrogens with two attached hydrogens (primary N) is 1. The van der Waals surface area contributed by atoms with E-state index >= 15 is 0 Å². The van der Waals surface area contributed by atoms with Crippen LogP contribution in [0.2, 0.25) is 0 Å². The van der Waals surface area contributed by atoms with Crippen molar-refractivity contribution in [2.45, 2.75) is 31.7 Å². The number of carbonyl (C=O) groups is 2. The Hall–Kier alpha value is -1.14. The van der Waals surface area contributed by atoms with Gasteiger partial charge in [0.15, 0.2) is 0 Å². The molecule has 0 aromatic carbocycles. The van der Waals surface area contributed by atoms with Crippen LogP contribution in [0.15, 0.2) is 0 Å². The van der Waals surface area contributed by atoms with Gasteiger partial charge in [0.2, 0.25) is 5.91 Å². The second-order valence-corrected chi connectivity index (χ2v) is 4.48. The van der Waals surface area contributed by atoms with E-state index in [0.717, 1.165) is 12.8 Å². The van der Waals surface area contributed by atoms with Crippen LogP contribution in [0, 0.1) is 5.92 Å². The van der Waals surface area contributed by atoms with E-state index < -0.39 is 11.5 Å². The molecule has 0 spiro atoms. The topological polar surface area (TPSA) is 102 Å². The third kappa shape index (κ3) is 3.98. The highest BCUT2D eigenvalue weighted by molar-refractivity contribution is 5.87. The Labute approximate surface area is 101 Å². The molecule has 6 heteroatoms. The lowest BCUT2D eigenvalue weighted by Gasteiger charge is -2.26. The maximum absolute atomic E-state index is 11.6. The molecule has 1 unspecified atom stereocenters. The van der Waals surface area contributed by atoms with E-state index in [1.165, 1.54) is 0 Å². The van der Waals surface area contributed by atoms with Crippen molar-refractivity contribution < 1.29 is 19.4 Å².